The Balaban J connectivity index is 1.81. The van der Waals surface area contributed by atoms with Gasteiger partial charge in [0.25, 0.3) is 0 Å². The summed E-state index contributed by atoms with van der Waals surface area (Å²) in [7, 11) is 0. The Morgan fingerprint density at radius 3 is 2.50 bits per heavy atom. The number of hydrogen-bond acceptors (Lipinski definition) is 1. The van der Waals surface area contributed by atoms with E-state index in [4.69, 9.17) is 0 Å². The van der Waals surface area contributed by atoms with Crippen molar-refractivity contribution in [3.05, 3.63) is 0 Å². The molecule has 2 saturated carbocycles. The monoisotopic (exact) mass is 287 g/mol. The minimum Gasteiger partial charge on any atom is -0.353 e. The fraction of sp³-hybridized carbons (Fsp3) is 0.923. The molecule has 0 aromatic carbocycles. The maximum absolute atomic E-state index is 12.1. The van der Waals surface area contributed by atoms with Crippen molar-refractivity contribution in [3.63, 3.8) is 0 Å². The first-order chi connectivity index (χ1) is 7.81. The highest BCUT2D eigenvalue weighted by molar-refractivity contribution is 9.09. The van der Waals surface area contributed by atoms with Gasteiger partial charge in [0.2, 0.25) is 5.91 Å². The second kappa shape index (κ2) is 6.04. The van der Waals surface area contributed by atoms with Gasteiger partial charge in [-0.1, -0.05) is 41.6 Å². The molecule has 0 aromatic heterocycles. The number of rotatable bonds is 3. The van der Waals surface area contributed by atoms with Gasteiger partial charge in [-0.05, 0) is 31.6 Å². The molecular weight excluding hydrogens is 266 g/mol. The highest BCUT2D eigenvalue weighted by atomic mass is 79.9. The van der Waals surface area contributed by atoms with Crippen molar-refractivity contribution in [1.82, 2.24) is 5.32 Å². The zero-order valence-electron chi connectivity index (χ0n) is 9.88. The van der Waals surface area contributed by atoms with Crippen LogP contribution >= 0.6 is 15.9 Å². The second-order valence-corrected chi connectivity index (χ2v) is 5.94. The molecule has 0 bridgehead atoms. The summed E-state index contributed by atoms with van der Waals surface area (Å²) in [5, 5.41) is 4.31. The average Bonchev–Trinajstić information content (AvgIpc) is 2.77. The molecule has 2 aliphatic carbocycles. The van der Waals surface area contributed by atoms with Crippen LogP contribution in [0, 0.1) is 11.8 Å². The van der Waals surface area contributed by atoms with Crippen LogP contribution in [0.4, 0.5) is 0 Å². The van der Waals surface area contributed by atoms with Gasteiger partial charge in [-0.3, -0.25) is 4.79 Å². The van der Waals surface area contributed by atoms with Crippen molar-refractivity contribution in [2.45, 2.75) is 57.4 Å². The van der Waals surface area contributed by atoms with Crippen LogP contribution in [-0.4, -0.2) is 17.3 Å². The summed E-state index contributed by atoms with van der Waals surface area (Å²) in [5.74, 6) is 1.30. The molecule has 2 nitrogen and oxygen atoms in total. The molecule has 0 spiro atoms. The predicted molar refractivity (Wildman–Crippen MR) is 69.6 cm³/mol. The van der Waals surface area contributed by atoms with Crippen molar-refractivity contribution in [3.8, 4) is 0 Å². The maximum Gasteiger partial charge on any atom is 0.223 e. The second-order valence-electron chi connectivity index (χ2n) is 5.30. The normalized spacial score (nSPS) is 31.6. The number of amides is 1. The van der Waals surface area contributed by atoms with Crippen LogP contribution in [0.5, 0.6) is 0 Å². The maximum atomic E-state index is 12.1. The molecule has 92 valence electrons. The van der Waals surface area contributed by atoms with Crippen molar-refractivity contribution < 1.29 is 4.79 Å². The van der Waals surface area contributed by atoms with Gasteiger partial charge in [0, 0.05) is 17.3 Å². The quantitative estimate of drug-likeness (QED) is 0.794. The van der Waals surface area contributed by atoms with E-state index in [2.05, 4.69) is 21.2 Å². The first-order valence-electron chi connectivity index (χ1n) is 6.67. The van der Waals surface area contributed by atoms with E-state index >= 15 is 0 Å². The van der Waals surface area contributed by atoms with Crippen LogP contribution in [0.25, 0.3) is 0 Å². The van der Waals surface area contributed by atoms with E-state index in [0.717, 1.165) is 18.2 Å². The first kappa shape index (κ1) is 12.4. The Morgan fingerprint density at radius 1 is 1.06 bits per heavy atom. The number of carbonyl (C=O) groups is 1. The largest absolute Gasteiger partial charge is 0.353 e. The van der Waals surface area contributed by atoms with Gasteiger partial charge in [0.15, 0.2) is 0 Å². The molecule has 0 aromatic rings. The van der Waals surface area contributed by atoms with Crippen LogP contribution < -0.4 is 5.32 Å². The van der Waals surface area contributed by atoms with E-state index in [9.17, 15) is 4.79 Å². The summed E-state index contributed by atoms with van der Waals surface area (Å²) < 4.78 is 0. The van der Waals surface area contributed by atoms with Gasteiger partial charge in [0.05, 0.1) is 0 Å². The average molecular weight is 288 g/mol. The Morgan fingerprint density at radius 2 is 1.81 bits per heavy atom. The van der Waals surface area contributed by atoms with E-state index in [0.29, 0.717) is 23.8 Å². The third kappa shape index (κ3) is 2.99. The standard InChI is InChI=1S/C13H22BrNO/c14-9-11-7-4-8-12(11)15-13(16)10-5-2-1-3-6-10/h10-12H,1-9H2,(H,15,16). The van der Waals surface area contributed by atoms with E-state index < -0.39 is 0 Å². The summed E-state index contributed by atoms with van der Waals surface area (Å²) in [4.78, 5) is 12.1. The zero-order valence-corrected chi connectivity index (χ0v) is 11.5. The zero-order chi connectivity index (χ0) is 11.4. The molecule has 0 saturated heterocycles. The Labute approximate surface area is 107 Å². The molecule has 0 radical (unpaired) electrons. The summed E-state index contributed by atoms with van der Waals surface area (Å²) in [5.41, 5.74) is 0. The van der Waals surface area contributed by atoms with Gasteiger partial charge in [-0.25, -0.2) is 0 Å². The van der Waals surface area contributed by atoms with Crippen molar-refractivity contribution >= 4 is 21.8 Å². The molecule has 2 atom stereocenters. The molecule has 2 aliphatic rings. The van der Waals surface area contributed by atoms with E-state index in [1.54, 1.807) is 0 Å². The van der Waals surface area contributed by atoms with Crippen LogP contribution in [0.1, 0.15) is 51.4 Å². The molecule has 0 heterocycles. The molecule has 1 amide bonds. The molecule has 16 heavy (non-hydrogen) atoms. The van der Waals surface area contributed by atoms with E-state index in [1.807, 2.05) is 0 Å². The van der Waals surface area contributed by atoms with Crippen molar-refractivity contribution in [2.75, 3.05) is 5.33 Å². The smallest absolute Gasteiger partial charge is 0.223 e. The minimum atomic E-state index is 0.310. The molecule has 2 rings (SSSR count). The lowest BCUT2D eigenvalue weighted by Crippen LogP contribution is -2.41. The summed E-state index contributed by atoms with van der Waals surface area (Å²) in [6.45, 7) is 0. The number of halogens is 1. The highest BCUT2D eigenvalue weighted by Gasteiger charge is 2.30. The lowest BCUT2D eigenvalue weighted by molar-refractivity contribution is -0.126. The van der Waals surface area contributed by atoms with Gasteiger partial charge in [-0.2, -0.15) is 0 Å². The third-order valence-electron chi connectivity index (χ3n) is 4.16. The predicted octanol–water partition coefficient (Wildman–Crippen LogP) is 3.25. The first-order valence-corrected chi connectivity index (χ1v) is 7.79. The van der Waals surface area contributed by atoms with Crippen LogP contribution in [0.2, 0.25) is 0 Å². The van der Waals surface area contributed by atoms with Crippen molar-refractivity contribution in [1.29, 1.82) is 0 Å². The summed E-state index contributed by atoms with van der Waals surface area (Å²) in [6.07, 6.45) is 9.73. The lowest BCUT2D eigenvalue weighted by atomic mass is 9.88. The van der Waals surface area contributed by atoms with E-state index in [1.165, 1.54) is 38.5 Å². The Hall–Kier alpha value is -0.0500. The molecule has 1 N–H and O–H groups in total. The van der Waals surface area contributed by atoms with Crippen LogP contribution in [0.3, 0.4) is 0 Å². The highest BCUT2D eigenvalue weighted by Crippen LogP contribution is 2.29. The number of carbonyl (C=O) groups excluding carboxylic acids is 1. The van der Waals surface area contributed by atoms with E-state index in [-0.39, 0.29) is 0 Å². The van der Waals surface area contributed by atoms with Gasteiger partial charge < -0.3 is 5.32 Å². The third-order valence-corrected chi connectivity index (χ3v) is 4.99. The molecule has 2 fully saturated rings. The Kier molecular flexibility index (Phi) is 4.68. The molecule has 3 heteroatoms. The number of alkyl halides is 1. The fourth-order valence-electron chi connectivity index (χ4n) is 3.08. The number of nitrogens with one attached hydrogen (secondary N) is 1. The van der Waals surface area contributed by atoms with Crippen LogP contribution in [0.15, 0.2) is 0 Å². The summed E-state index contributed by atoms with van der Waals surface area (Å²) in [6, 6.07) is 0.439. The fourth-order valence-corrected chi connectivity index (χ4v) is 3.85. The van der Waals surface area contributed by atoms with Gasteiger partial charge >= 0.3 is 0 Å². The van der Waals surface area contributed by atoms with Crippen molar-refractivity contribution in [2.24, 2.45) is 11.8 Å². The SMILES string of the molecule is O=C(NC1CCCC1CBr)C1CCCCC1. The molecular formula is C13H22BrNO. The van der Waals surface area contributed by atoms with Crippen LogP contribution in [-0.2, 0) is 4.79 Å². The Bertz CT molecular complexity index is 238. The lowest BCUT2D eigenvalue weighted by Gasteiger charge is -2.25. The molecule has 0 aliphatic heterocycles. The van der Waals surface area contributed by atoms with Gasteiger partial charge in [-0.15, -0.1) is 0 Å². The van der Waals surface area contributed by atoms with Gasteiger partial charge in [0.1, 0.15) is 0 Å². The molecule has 2 unspecified atom stereocenters. The summed E-state index contributed by atoms with van der Waals surface area (Å²) >= 11 is 3.55. The number of hydrogen-bond donors (Lipinski definition) is 1. The minimum absolute atomic E-state index is 0.310. The topological polar surface area (TPSA) is 29.1 Å².